The first-order valence-electron chi connectivity index (χ1n) is 14.6. The molecule has 3 aromatic rings. The van der Waals surface area contributed by atoms with Gasteiger partial charge in [0.25, 0.3) is 0 Å². The summed E-state index contributed by atoms with van der Waals surface area (Å²) >= 11 is 0. The Hall–Kier alpha value is -3.84. The number of hydrogen-bond donors (Lipinski definition) is 4. The lowest BCUT2D eigenvalue weighted by atomic mass is 9.84. The molecule has 1 saturated carbocycles. The van der Waals surface area contributed by atoms with Gasteiger partial charge in [0, 0.05) is 11.4 Å². The first-order chi connectivity index (χ1) is 19.6. The molecule has 0 aromatic heterocycles. The third-order valence-electron chi connectivity index (χ3n) is 7.43. The zero-order valence-corrected chi connectivity index (χ0v) is 23.2. The maximum atomic E-state index is 13.2. The first-order valence-corrected chi connectivity index (χ1v) is 14.6. The van der Waals surface area contributed by atoms with Crippen LogP contribution >= 0.6 is 0 Å². The fraction of sp³-hybridized carbons (Fsp3) is 0.394. The molecule has 0 unspecified atom stereocenters. The number of rotatable bonds is 13. The van der Waals surface area contributed by atoms with E-state index >= 15 is 0 Å². The number of ether oxygens (including phenoxy) is 1. The van der Waals surface area contributed by atoms with E-state index in [-0.39, 0.29) is 5.91 Å². The molecular formula is C33H42N4O3. The standard InChI is InChI=1S/C33H42N4O3/c34-23-9-3-8-14-31(32(38)35-28-17-15-27(16-18-28)26-12-6-2-7-13-26)37-33(39)36-29-19-21-30(22-20-29)40-24-25-10-4-1-5-11-25/h1,4-5,10-11,15-22,26,31H,2-3,6-9,12-14,23-24,34H2,(H,35,38)(H2,36,37,39)/t31-/m0/s1. The lowest BCUT2D eigenvalue weighted by Gasteiger charge is -2.22. The van der Waals surface area contributed by atoms with Crippen LogP contribution in [0.5, 0.6) is 5.75 Å². The van der Waals surface area contributed by atoms with E-state index in [2.05, 4.69) is 28.1 Å². The van der Waals surface area contributed by atoms with Crippen LogP contribution in [-0.4, -0.2) is 24.5 Å². The molecule has 7 heteroatoms. The highest BCUT2D eigenvalue weighted by molar-refractivity contribution is 5.99. The van der Waals surface area contributed by atoms with E-state index in [1.54, 1.807) is 12.1 Å². The minimum absolute atomic E-state index is 0.224. The smallest absolute Gasteiger partial charge is 0.319 e. The third kappa shape index (κ3) is 9.42. The minimum Gasteiger partial charge on any atom is -0.489 e. The van der Waals surface area contributed by atoms with Gasteiger partial charge in [0.1, 0.15) is 18.4 Å². The summed E-state index contributed by atoms with van der Waals surface area (Å²) in [5.74, 6) is 1.10. The lowest BCUT2D eigenvalue weighted by Crippen LogP contribution is -2.45. The zero-order chi connectivity index (χ0) is 28.0. The van der Waals surface area contributed by atoms with Gasteiger partial charge in [-0.1, -0.05) is 74.6 Å². The second-order valence-electron chi connectivity index (χ2n) is 10.5. The molecule has 0 saturated heterocycles. The molecule has 3 aromatic carbocycles. The van der Waals surface area contributed by atoms with Crippen LogP contribution in [0.3, 0.4) is 0 Å². The second-order valence-corrected chi connectivity index (χ2v) is 10.5. The topological polar surface area (TPSA) is 105 Å². The summed E-state index contributed by atoms with van der Waals surface area (Å²) in [5, 5.41) is 8.69. The van der Waals surface area contributed by atoms with Gasteiger partial charge in [-0.2, -0.15) is 0 Å². The average Bonchev–Trinajstić information content (AvgIpc) is 2.99. The third-order valence-corrected chi connectivity index (χ3v) is 7.43. The molecule has 0 spiro atoms. The van der Waals surface area contributed by atoms with Crippen molar-refractivity contribution in [2.24, 2.45) is 5.73 Å². The van der Waals surface area contributed by atoms with Gasteiger partial charge in [-0.25, -0.2) is 4.79 Å². The van der Waals surface area contributed by atoms with Crippen molar-refractivity contribution in [3.8, 4) is 5.75 Å². The first kappa shape index (κ1) is 29.2. The number of urea groups is 1. The number of carbonyl (C=O) groups excluding carboxylic acids is 2. The highest BCUT2D eigenvalue weighted by atomic mass is 16.5. The van der Waals surface area contributed by atoms with Crippen molar-refractivity contribution in [3.63, 3.8) is 0 Å². The number of anilines is 2. The number of carbonyl (C=O) groups is 2. The second kappa shape index (κ2) is 15.7. The van der Waals surface area contributed by atoms with Crippen LogP contribution in [0.2, 0.25) is 0 Å². The van der Waals surface area contributed by atoms with E-state index in [1.165, 1.54) is 37.7 Å². The molecule has 1 aliphatic rings. The van der Waals surface area contributed by atoms with Gasteiger partial charge < -0.3 is 26.4 Å². The Morgan fingerprint density at radius 2 is 1.48 bits per heavy atom. The van der Waals surface area contributed by atoms with E-state index in [4.69, 9.17) is 10.5 Å². The van der Waals surface area contributed by atoms with Crippen LogP contribution in [0, 0.1) is 0 Å². The van der Waals surface area contributed by atoms with Crippen molar-refractivity contribution in [3.05, 3.63) is 90.0 Å². The maximum Gasteiger partial charge on any atom is 0.319 e. The van der Waals surface area contributed by atoms with Crippen LogP contribution in [0.1, 0.15) is 74.8 Å². The molecule has 0 radical (unpaired) electrons. The minimum atomic E-state index is -0.663. The van der Waals surface area contributed by atoms with Crippen molar-refractivity contribution in [2.45, 2.75) is 76.4 Å². The number of nitrogens with two attached hydrogens (primary N) is 1. The summed E-state index contributed by atoms with van der Waals surface area (Å²) in [6, 6.07) is 24.2. The maximum absolute atomic E-state index is 13.2. The fourth-order valence-electron chi connectivity index (χ4n) is 5.14. The SMILES string of the molecule is NCCCCC[C@H](NC(=O)Nc1ccc(OCc2ccccc2)cc1)C(=O)Nc1ccc(C2CCCCC2)cc1. The largest absolute Gasteiger partial charge is 0.489 e. The van der Waals surface area contributed by atoms with Crippen LogP contribution in [0.15, 0.2) is 78.9 Å². The van der Waals surface area contributed by atoms with Gasteiger partial charge in [-0.15, -0.1) is 0 Å². The van der Waals surface area contributed by atoms with Gasteiger partial charge in [0.05, 0.1) is 0 Å². The Morgan fingerprint density at radius 3 is 2.17 bits per heavy atom. The molecule has 40 heavy (non-hydrogen) atoms. The van der Waals surface area contributed by atoms with Crippen LogP contribution < -0.4 is 26.4 Å². The molecule has 7 nitrogen and oxygen atoms in total. The molecule has 0 aliphatic heterocycles. The van der Waals surface area contributed by atoms with E-state index in [0.29, 0.717) is 36.9 Å². The quantitative estimate of drug-likeness (QED) is 0.175. The summed E-state index contributed by atoms with van der Waals surface area (Å²) in [6.07, 6.45) is 9.50. The van der Waals surface area contributed by atoms with Gasteiger partial charge in [-0.3, -0.25) is 4.79 Å². The molecule has 1 fully saturated rings. The molecule has 3 amide bonds. The molecule has 1 aliphatic carbocycles. The van der Waals surface area contributed by atoms with Gasteiger partial charge in [-0.05, 0) is 85.7 Å². The van der Waals surface area contributed by atoms with Crippen LogP contribution in [0.4, 0.5) is 16.2 Å². The number of nitrogens with one attached hydrogen (secondary N) is 3. The number of hydrogen-bond acceptors (Lipinski definition) is 4. The summed E-state index contributed by atoms with van der Waals surface area (Å²) in [5.41, 5.74) is 9.41. The summed E-state index contributed by atoms with van der Waals surface area (Å²) in [4.78, 5) is 26.0. The molecule has 212 valence electrons. The summed E-state index contributed by atoms with van der Waals surface area (Å²) in [6.45, 7) is 1.08. The molecule has 0 heterocycles. The van der Waals surface area contributed by atoms with Crippen molar-refractivity contribution >= 4 is 23.3 Å². The highest BCUT2D eigenvalue weighted by Gasteiger charge is 2.21. The van der Waals surface area contributed by atoms with Crippen molar-refractivity contribution in [1.29, 1.82) is 0 Å². The number of amides is 3. The van der Waals surface area contributed by atoms with Crippen LogP contribution in [0.25, 0.3) is 0 Å². The van der Waals surface area contributed by atoms with E-state index in [0.717, 1.165) is 30.5 Å². The number of unbranched alkanes of at least 4 members (excludes halogenated alkanes) is 2. The highest BCUT2D eigenvalue weighted by Crippen LogP contribution is 2.33. The Balaban J connectivity index is 1.30. The van der Waals surface area contributed by atoms with Gasteiger partial charge in [0.2, 0.25) is 5.91 Å². The monoisotopic (exact) mass is 542 g/mol. The molecular weight excluding hydrogens is 500 g/mol. The summed E-state index contributed by atoms with van der Waals surface area (Å²) in [7, 11) is 0. The van der Waals surface area contributed by atoms with E-state index in [9.17, 15) is 9.59 Å². The molecule has 1 atom stereocenters. The predicted octanol–water partition coefficient (Wildman–Crippen LogP) is 6.96. The Bertz CT molecular complexity index is 1180. The molecule has 0 bridgehead atoms. The predicted molar refractivity (Wildman–Crippen MR) is 162 cm³/mol. The Morgan fingerprint density at radius 1 is 0.800 bits per heavy atom. The zero-order valence-electron chi connectivity index (χ0n) is 23.2. The number of benzene rings is 3. The molecule has 4 rings (SSSR count). The van der Waals surface area contributed by atoms with Crippen LogP contribution in [-0.2, 0) is 11.4 Å². The van der Waals surface area contributed by atoms with E-state index < -0.39 is 12.1 Å². The normalized spacial score (nSPS) is 14.2. The van der Waals surface area contributed by atoms with Crippen molar-refractivity contribution in [1.82, 2.24) is 5.32 Å². The van der Waals surface area contributed by atoms with Crippen molar-refractivity contribution < 1.29 is 14.3 Å². The van der Waals surface area contributed by atoms with Crippen molar-refractivity contribution in [2.75, 3.05) is 17.2 Å². The Kier molecular flexibility index (Phi) is 11.4. The van der Waals surface area contributed by atoms with Gasteiger partial charge >= 0.3 is 6.03 Å². The van der Waals surface area contributed by atoms with Gasteiger partial charge in [0.15, 0.2) is 0 Å². The lowest BCUT2D eigenvalue weighted by molar-refractivity contribution is -0.118. The molecule has 5 N–H and O–H groups in total. The Labute approximate surface area is 237 Å². The fourth-order valence-corrected chi connectivity index (χ4v) is 5.14. The van der Waals surface area contributed by atoms with E-state index in [1.807, 2.05) is 54.6 Å². The summed E-state index contributed by atoms with van der Waals surface area (Å²) < 4.78 is 5.82. The average molecular weight is 543 g/mol.